The van der Waals surface area contributed by atoms with E-state index >= 15 is 0 Å². The molecule has 0 heterocycles. The number of methoxy groups -OCH3 is 1. The molecule has 0 aromatic rings. The van der Waals surface area contributed by atoms with Gasteiger partial charge in [-0.15, -0.1) is 5.92 Å². The van der Waals surface area contributed by atoms with Crippen molar-refractivity contribution in [2.75, 3.05) is 13.7 Å². The Morgan fingerprint density at radius 1 is 1.29 bits per heavy atom. The molecule has 0 aromatic carbocycles. The zero-order valence-electron chi connectivity index (χ0n) is 10.1. The van der Waals surface area contributed by atoms with Crippen LogP contribution in [0.25, 0.3) is 0 Å². The van der Waals surface area contributed by atoms with E-state index in [9.17, 15) is 9.59 Å². The molecule has 1 aliphatic rings. The van der Waals surface area contributed by atoms with Crippen LogP contribution in [0.15, 0.2) is 23.5 Å². The van der Waals surface area contributed by atoms with Crippen molar-refractivity contribution >= 4 is 11.6 Å². The van der Waals surface area contributed by atoms with Crippen molar-refractivity contribution < 1.29 is 19.1 Å². The molecule has 0 radical (unpaired) electrons. The van der Waals surface area contributed by atoms with Crippen molar-refractivity contribution in [2.24, 2.45) is 0 Å². The van der Waals surface area contributed by atoms with Gasteiger partial charge in [0.2, 0.25) is 5.78 Å². The Morgan fingerprint density at radius 3 is 2.59 bits per heavy atom. The van der Waals surface area contributed by atoms with E-state index in [4.69, 9.17) is 9.47 Å². The van der Waals surface area contributed by atoms with Gasteiger partial charge in [0.05, 0.1) is 13.2 Å². The van der Waals surface area contributed by atoms with E-state index in [-0.39, 0.29) is 23.9 Å². The summed E-state index contributed by atoms with van der Waals surface area (Å²) in [6.45, 7) is 3.65. The summed E-state index contributed by atoms with van der Waals surface area (Å²) in [6, 6.07) is 0. The van der Waals surface area contributed by atoms with Crippen LogP contribution in [0.4, 0.5) is 0 Å². The minimum atomic E-state index is -0.457. The number of carbonyl (C=O) groups excluding carboxylic acids is 2. The lowest BCUT2D eigenvalue weighted by atomic mass is 9.98. The molecule has 0 aliphatic heterocycles. The summed E-state index contributed by atoms with van der Waals surface area (Å²) >= 11 is 0. The van der Waals surface area contributed by atoms with E-state index in [0.717, 1.165) is 0 Å². The van der Waals surface area contributed by atoms with Crippen molar-refractivity contribution in [2.45, 2.75) is 20.0 Å². The third-order valence-corrected chi connectivity index (χ3v) is 2.32. The summed E-state index contributed by atoms with van der Waals surface area (Å²) in [5.41, 5.74) is 0.328. The molecule has 1 atom stereocenters. The molecule has 90 valence electrons. The summed E-state index contributed by atoms with van der Waals surface area (Å²) in [4.78, 5) is 23.2. The van der Waals surface area contributed by atoms with Crippen LogP contribution in [0, 0.1) is 11.8 Å². The minimum Gasteiger partial charge on any atom is -0.493 e. The molecule has 0 bridgehead atoms. The number of carbonyl (C=O) groups is 2. The number of allylic oxidation sites excluding steroid dienone is 2. The van der Waals surface area contributed by atoms with Gasteiger partial charge < -0.3 is 9.47 Å². The fourth-order valence-electron chi connectivity index (χ4n) is 1.36. The fraction of sp³-hybridized carbons (Fsp3) is 0.385. The van der Waals surface area contributed by atoms with Crippen LogP contribution in [0.1, 0.15) is 13.8 Å². The third-order valence-electron chi connectivity index (χ3n) is 2.32. The van der Waals surface area contributed by atoms with Gasteiger partial charge in [-0.3, -0.25) is 9.59 Å². The fourth-order valence-corrected chi connectivity index (χ4v) is 1.36. The molecule has 4 heteroatoms. The molecule has 1 rings (SSSR count). The van der Waals surface area contributed by atoms with E-state index in [1.54, 1.807) is 13.8 Å². The molecule has 4 nitrogen and oxygen atoms in total. The molecular weight excluding hydrogens is 220 g/mol. The molecule has 0 amide bonds. The average Bonchev–Trinajstić information content (AvgIpc) is 2.31. The Labute approximate surface area is 100 Å². The second-order valence-corrected chi connectivity index (χ2v) is 3.42. The minimum absolute atomic E-state index is 0.0549. The van der Waals surface area contributed by atoms with E-state index in [2.05, 4.69) is 11.8 Å². The highest BCUT2D eigenvalue weighted by Gasteiger charge is 2.24. The van der Waals surface area contributed by atoms with Crippen LogP contribution in [-0.2, 0) is 19.1 Å². The van der Waals surface area contributed by atoms with Gasteiger partial charge in [-0.1, -0.05) is 5.92 Å². The second-order valence-electron chi connectivity index (χ2n) is 3.42. The number of rotatable bonds is 4. The number of hydrogen-bond acceptors (Lipinski definition) is 4. The summed E-state index contributed by atoms with van der Waals surface area (Å²) in [7, 11) is 1.35. The van der Waals surface area contributed by atoms with Crippen LogP contribution in [-0.4, -0.2) is 31.4 Å². The Balaban J connectivity index is 2.75. The van der Waals surface area contributed by atoms with Crippen molar-refractivity contribution in [3.8, 4) is 11.8 Å². The van der Waals surface area contributed by atoms with Gasteiger partial charge in [0.25, 0.3) is 0 Å². The Morgan fingerprint density at radius 2 is 2.00 bits per heavy atom. The molecule has 1 aliphatic carbocycles. The first-order valence-corrected chi connectivity index (χ1v) is 5.17. The third kappa shape index (κ3) is 3.30. The number of ketones is 2. The Kier molecular flexibility index (Phi) is 4.68. The maximum atomic E-state index is 11.7. The summed E-state index contributed by atoms with van der Waals surface area (Å²) in [6.07, 6.45) is 1.98. The number of ether oxygens (including phenoxy) is 2. The molecule has 0 aromatic heterocycles. The molecule has 1 unspecified atom stereocenters. The summed E-state index contributed by atoms with van der Waals surface area (Å²) in [5.74, 6) is 4.88. The smallest absolute Gasteiger partial charge is 0.221 e. The molecular formula is C13H14O4. The monoisotopic (exact) mass is 234 g/mol. The molecule has 0 saturated heterocycles. The highest BCUT2D eigenvalue weighted by molar-refractivity contribution is 6.19. The largest absolute Gasteiger partial charge is 0.493 e. The van der Waals surface area contributed by atoms with E-state index in [0.29, 0.717) is 5.57 Å². The van der Waals surface area contributed by atoms with Gasteiger partial charge in [0.15, 0.2) is 11.5 Å². The number of hydrogen-bond donors (Lipinski definition) is 0. The lowest BCUT2D eigenvalue weighted by Crippen LogP contribution is -2.23. The predicted octanol–water partition coefficient (Wildman–Crippen LogP) is 1.02. The van der Waals surface area contributed by atoms with E-state index in [1.165, 1.54) is 19.3 Å². The van der Waals surface area contributed by atoms with Crippen LogP contribution in [0.5, 0.6) is 0 Å². The highest BCUT2D eigenvalue weighted by Crippen LogP contribution is 2.17. The van der Waals surface area contributed by atoms with Gasteiger partial charge in [-0.05, 0) is 19.9 Å². The maximum Gasteiger partial charge on any atom is 0.221 e. The van der Waals surface area contributed by atoms with Crippen LogP contribution in [0.2, 0.25) is 0 Å². The quantitative estimate of drug-likeness (QED) is 0.538. The Hall–Kier alpha value is -1.86. The first-order chi connectivity index (χ1) is 8.10. The van der Waals surface area contributed by atoms with Gasteiger partial charge in [0, 0.05) is 11.6 Å². The summed E-state index contributed by atoms with van der Waals surface area (Å²) in [5, 5.41) is 0. The maximum absolute atomic E-state index is 11.7. The standard InChI is InChI=1S/C13H14O4/c1-4-5-6-17-9(2)10-7-12(15)13(16-3)8-11(10)14/h7-9H,6H2,1-3H3. The topological polar surface area (TPSA) is 52.6 Å². The molecule has 0 N–H and O–H groups in total. The van der Waals surface area contributed by atoms with Gasteiger partial charge in [-0.2, -0.15) is 0 Å². The zero-order chi connectivity index (χ0) is 12.8. The molecule has 0 fully saturated rings. The lowest BCUT2D eigenvalue weighted by molar-refractivity contribution is -0.118. The highest BCUT2D eigenvalue weighted by atomic mass is 16.5. The van der Waals surface area contributed by atoms with E-state index in [1.807, 2.05) is 0 Å². The molecule has 0 saturated carbocycles. The summed E-state index contributed by atoms with van der Waals surface area (Å²) < 4.78 is 10.1. The Bertz CT molecular complexity index is 446. The molecule has 0 spiro atoms. The van der Waals surface area contributed by atoms with Crippen molar-refractivity contribution in [1.82, 2.24) is 0 Å². The van der Waals surface area contributed by atoms with Gasteiger partial charge in [-0.25, -0.2) is 0 Å². The van der Waals surface area contributed by atoms with Gasteiger partial charge >= 0.3 is 0 Å². The predicted molar refractivity (Wildman–Crippen MR) is 62.1 cm³/mol. The van der Waals surface area contributed by atoms with Crippen LogP contribution >= 0.6 is 0 Å². The molecule has 17 heavy (non-hydrogen) atoms. The average molecular weight is 234 g/mol. The second kappa shape index (κ2) is 6.02. The van der Waals surface area contributed by atoms with Crippen LogP contribution < -0.4 is 0 Å². The van der Waals surface area contributed by atoms with Gasteiger partial charge in [0.1, 0.15) is 6.61 Å². The lowest BCUT2D eigenvalue weighted by Gasteiger charge is -2.16. The first kappa shape index (κ1) is 13.2. The first-order valence-electron chi connectivity index (χ1n) is 5.17. The van der Waals surface area contributed by atoms with E-state index < -0.39 is 6.10 Å². The van der Waals surface area contributed by atoms with Crippen molar-refractivity contribution in [3.05, 3.63) is 23.5 Å². The van der Waals surface area contributed by atoms with Crippen molar-refractivity contribution in [3.63, 3.8) is 0 Å². The SMILES string of the molecule is CC#CCOC(C)C1=CC(=O)C(OC)=CC1=O. The normalized spacial score (nSPS) is 16.6. The zero-order valence-corrected chi connectivity index (χ0v) is 10.1. The van der Waals surface area contributed by atoms with Crippen molar-refractivity contribution in [1.29, 1.82) is 0 Å². The van der Waals surface area contributed by atoms with Crippen LogP contribution in [0.3, 0.4) is 0 Å².